The van der Waals surface area contributed by atoms with Gasteiger partial charge in [0.15, 0.2) is 0 Å². The van der Waals surface area contributed by atoms with Gasteiger partial charge in [0.05, 0.1) is 19.6 Å². The molecule has 0 radical (unpaired) electrons. The lowest BCUT2D eigenvalue weighted by Crippen LogP contribution is -2.37. The molecule has 1 rings (SSSR count). The number of nitrogens with zero attached hydrogens (tertiary/aromatic N) is 1. The van der Waals surface area contributed by atoms with Crippen LogP contribution in [-0.2, 0) is 20.9 Å². The second kappa shape index (κ2) is 10.2. The fraction of sp³-hybridized carbons (Fsp3) is 0.385. The first-order valence-corrected chi connectivity index (χ1v) is 5.73. The third-order valence-corrected chi connectivity index (χ3v) is 2.11. The predicted octanol–water partition coefficient (Wildman–Crippen LogP) is 1.27. The molecule has 0 aliphatic heterocycles. The van der Waals surface area contributed by atoms with Crippen molar-refractivity contribution in [1.82, 2.24) is 5.01 Å². The molecule has 6 heteroatoms. The number of hydrazine groups is 1. The van der Waals surface area contributed by atoms with Crippen molar-refractivity contribution in [3.63, 3.8) is 0 Å². The number of hydrogen-bond acceptors (Lipinski definition) is 4. The van der Waals surface area contributed by atoms with E-state index in [1.54, 1.807) is 12.1 Å². The molecular weight excluding hydrogens is 251 g/mol. The third kappa shape index (κ3) is 8.01. The van der Waals surface area contributed by atoms with Gasteiger partial charge in [-0.25, -0.2) is 10.2 Å². The van der Waals surface area contributed by atoms with E-state index in [1.807, 2.05) is 0 Å². The molecule has 1 aromatic carbocycles. The molecule has 0 saturated heterocycles. The van der Waals surface area contributed by atoms with Crippen molar-refractivity contribution in [2.75, 3.05) is 13.7 Å². The van der Waals surface area contributed by atoms with Gasteiger partial charge in [0.2, 0.25) is 5.91 Å². The SMILES string of the molecule is CC=O.COCCC(=O)N(N)Cc1ccc(F)cc1. The topological polar surface area (TPSA) is 72.6 Å². The Labute approximate surface area is 112 Å². The Morgan fingerprint density at radius 1 is 1.42 bits per heavy atom. The number of halogens is 1. The Bertz CT molecular complexity index is 382. The van der Waals surface area contributed by atoms with Gasteiger partial charge in [-0.1, -0.05) is 12.1 Å². The molecule has 19 heavy (non-hydrogen) atoms. The van der Waals surface area contributed by atoms with Crippen LogP contribution in [0, 0.1) is 5.82 Å². The molecule has 0 aliphatic carbocycles. The molecule has 0 aliphatic rings. The van der Waals surface area contributed by atoms with Crippen LogP contribution in [0.4, 0.5) is 4.39 Å². The highest BCUT2D eigenvalue weighted by atomic mass is 19.1. The summed E-state index contributed by atoms with van der Waals surface area (Å²) in [5.41, 5.74) is 0.787. The van der Waals surface area contributed by atoms with Crippen molar-refractivity contribution in [3.05, 3.63) is 35.6 Å². The quantitative estimate of drug-likeness (QED) is 0.378. The van der Waals surface area contributed by atoms with Crippen molar-refractivity contribution in [2.45, 2.75) is 19.9 Å². The predicted molar refractivity (Wildman–Crippen MR) is 69.4 cm³/mol. The highest BCUT2D eigenvalue weighted by Crippen LogP contribution is 2.05. The fourth-order valence-electron chi connectivity index (χ4n) is 1.21. The number of ether oxygens (including phenoxy) is 1. The number of amides is 1. The Balaban J connectivity index is 0.000000982. The van der Waals surface area contributed by atoms with Gasteiger partial charge in [0.1, 0.15) is 12.1 Å². The number of aldehydes is 1. The lowest BCUT2D eigenvalue weighted by molar-refractivity contribution is -0.133. The van der Waals surface area contributed by atoms with Gasteiger partial charge in [0, 0.05) is 7.11 Å². The minimum Gasteiger partial charge on any atom is -0.384 e. The molecule has 0 fully saturated rings. The molecule has 2 N–H and O–H groups in total. The zero-order valence-corrected chi connectivity index (χ0v) is 11.1. The number of carbonyl (C=O) groups is 2. The molecule has 1 amide bonds. The molecule has 0 heterocycles. The highest BCUT2D eigenvalue weighted by molar-refractivity contribution is 5.75. The lowest BCUT2D eigenvalue weighted by atomic mass is 10.2. The van der Waals surface area contributed by atoms with E-state index in [0.29, 0.717) is 6.61 Å². The van der Waals surface area contributed by atoms with Crippen LogP contribution >= 0.6 is 0 Å². The summed E-state index contributed by atoms with van der Waals surface area (Å²) in [6.07, 6.45) is 0.994. The molecular formula is C13H19FN2O3. The molecule has 0 spiro atoms. The van der Waals surface area contributed by atoms with Gasteiger partial charge >= 0.3 is 0 Å². The molecule has 5 nitrogen and oxygen atoms in total. The second-order valence-corrected chi connectivity index (χ2v) is 3.63. The molecule has 0 bridgehead atoms. The fourth-order valence-corrected chi connectivity index (χ4v) is 1.21. The number of hydrogen-bond donors (Lipinski definition) is 1. The van der Waals surface area contributed by atoms with Crippen LogP contribution in [0.25, 0.3) is 0 Å². The Morgan fingerprint density at radius 3 is 2.42 bits per heavy atom. The van der Waals surface area contributed by atoms with Crippen LogP contribution in [0.5, 0.6) is 0 Å². The summed E-state index contributed by atoms with van der Waals surface area (Å²) in [4.78, 5) is 20.2. The molecule has 0 aromatic heterocycles. The number of methoxy groups -OCH3 is 1. The molecule has 0 unspecified atom stereocenters. The first kappa shape index (κ1) is 17.2. The minimum absolute atomic E-state index is 0.203. The largest absolute Gasteiger partial charge is 0.384 e. The van der Waals surface area contributed by atoms with Crippen molar-refractivity contribution in [2.24, 2.45) is 5.84 Å². The minimum atomic E-state index is -0.307. The van der Waals surface area contributed by atoms with Gasteiger partial charge in [-0.05, 0) is 24.6 Å². The maximum Gasteiger partial charge on any atom is 0.239 e. The van der Waals surface area contributed by atoms with Gasteiger partial charge < -0.3 is 9.53 Å². The third-order valence-electron chi connectivity index (χ3n) is 2.11. The summed E-state index contributed by atoms with van der Waals surface area (Å²) in [6, 6.07) is 5.86. The summed E-state index contributed by atoms with van der Waals surface area (Å²) in [5.74, 6) is 5.05. The van der Waals surface area contributed by atoms with E-state index in [9.17, 15) is 9.18 Å². The van der Waals surface area contributed by atoms with Crippen LogP contribution in [0.3, 0.4) is 0 Å². The monoisotopic (exact) mass is 270 g/mol. The highest BCUT2D eigenvalue weighted by Gasteiger charge is 2.09. The van der Waals surface area contributed by atoms with E-state index in [2.05, 4.69) is 0 Å². The summed E-state index contributed by atoms with van der Waals surface area (Å²) < 4.78 is 17.4. The maximum absolute atomic E-state index is 12.6. The van der Waals surface area contributed by atoms with Crippen LogP contribution < -0.4 is 5.84 Å². The van der Waals surface area contributed by atoms with E-state index < -0.39 is 0 Å². The smallest absolute Gasteiger partial charge is 0.239 e. The maximum atomic E-state index is 12.6. The van der Waals surface area contributed by atoms with Crippen molar-refractivity contribution in [3.8, 4) is 0 Å². The molecule has 0 saturated carbocycles. The molecule has 0 atom stereocenters. The number of nitrogens with two attached hydrogens (primary N) is 1. The van der Waals surface area contributed by atoms with Crippen molar-refractivity contribution < 1.29 is 18.7 Å². The summed E-state index contributed by atoms with van der Waals surface area (Å²) in [5, 5.41) is 1.10. The zero-order chi connectivity index (χ0) is 14.7. The number of carbonyl (C=O) groups excluding carboxylic acids is 2. The van der Waals surface area contributed by atoms with Gasteiger partial charge in [-0.2, -0.15) is 0 Å². The summed E-state index contributed by atoms with van der Waals surface area (Å²) in [6.45, 7) is 2.05. The second-order valence-electron chi connectivity index (χ2n) is 3.63. The van der Waals surface area contributed by atoms with Crippen LogP contribution in [-0.4, -0.2) is 30.9 Å². The normalized spacial score (nSPS) is 9.26. The average Bonchev–Trinajstić information content (AvgIpc) is 2.39. The van der Waals surface area contributed by atoms with Crippen LogP contribution in [0.15, 0.2) is 24.3 Å². The Morgan fingerprint density at radius 2 is 1.95 bits per heavy atom. The first-order valence-electron chi connectivity index (χ1n) is 5.73. The summed E-state index contributed by atoms with van der Waals surface area (Å²) in [7, 11) is 1.52. The van der Waals surface area contributed by atoms with Gasteiger partial charge in [-0.3, -0.25) is 9.80 Å². The average molecular weight is 270 g/mol. The Kier molecular flexibility index (Phi) is 9.20. The van der Waals surface area contributed by atoms with E-state index in [1.165, 1.54) is 26.2 Å². The van der Waals surface area contributed by atoms with Crippen LogP contribution in [0.1, 0.15) is 18.9 Å². The van der Waals surface area contributed by atoms with E-state index in [0.717, 1.165) is 16.9 Å². The van der Waals surface area contributed by atoms with Crippen molar-refractivity contribution in [1.29, 1.82) is 0 Å². The van der Waals surface area contributed by atoms with Gasteiger partial charge in [-0.15, -0.1) is 0 Å². The summed E-state index contributed by atoms with van der Waals surface area (Å²) >= 11 is 0. The van der Waals surface area contributed by atoms with E-state index in [-0.39, 0.29) is 24.7 Å². The van der Waals surface area contributed by atoms with E-state index in [4.69, 9.17) is 15.4 Å². The van der Waals surface area contributed by atoms with Gasteiger partial charge in [0.25, 0.3) is 0 Å². The van der Waals surface area contributed by atoms with Crippen molar-refractivity contribution >= 4 is 12.2 Å². The number of benzene rings is 1. The standard InChI is InChI=1S/C11H15FN2O2.C2H4O/c1-16-7-6-11(15)14(13)8-9-2-4-10(12)5-3-9;1-2-3/h2-5H,6-8,13H2,1H3;2H,1H3. The molecule has 106 valence electrons. The zero-order valence-electron chi connectivity index (χ0n) is 11.1. The first-order chi connectivity index (χ1) is 9.04. The number of rotatable bonds is 5. The lowest BCUT2D eigenvalue weighted by Gasteiger charge is -2.16. The van der Waals surface area contributed by atoms with Crippen LogP contribution in [0.2, 0.25) is 0 Å². The molecule has 1 aromatic rings. The Hall–Kier alpha value is -1.79. The van der Waals surface area contributed by atoms with E-state index >= 15 is 0 Å².